The zero-order chi connectivity index (χ0) is 31.1. The van der Waals surface area contributed by atoms with E-state index >= 15 is 0 Å². The fraction of sp³-hybridized carbons (Fsp3) is 0.364. The molecule has 2 N–H and O–H groups in total. The number of hydrogen-bond donors (Lipinski definition) is 2. The molecule has 5 rings (SSSR count). The Morgan fingerprint density at radius 2 is 1.93 bits per heavy atom. The summed E-state index contributed by atoms with van der Waals surface area (Å²) in [5.41, 5.74) is 2.25. The smallest absolute Gasteiger partial charge is 0.258 e. The Balaban J connectivity index is 1.49. The number of hydrogen-bond acceptors (Lipinski definition) is 7. The highest BCUT2D eigenvalue weighted by molar-refractivity contribution is 5.96. The van der Waals surface area contributed by atoms with Gasteiger partial charge in [-0.3, -0.25) is 14.4 Å². The quantitative estimate of drug-likeness (QED) is 0.426. The molecule has 44 heavy (non-hydrogen) atoms. The minimum absolute atomic E-state index is 0.0618. The van der Waals surface area contributed by atoms with Crippen LogP contribution in [0.4, 0.5) is 4.39 Å². The van der Waals surface area contributed by atoms with E-state index in [1.54, 1.807) is 54.5 Å². The molecular formula is C33H36FN3O7. The van der Waals surface area contributed by atoms with Crippen LogP contribution in [0, 0.1) is 5.82 Å². The third kappa shape index (κ3) is 7.65. The number of halogens is 1. The van der Waals surface area contributed by atoms with Crippen LogP contribution in [0.5, 0.6) is 17.2 Å². The molecule has 3 amide bonds. The minimum Gasteiger partial charge on any atom is -0.496 e. The minimum atomic E-state index is -0.594. The van der Waals surface area contributed by atoms with Crippen LogP contribution in [-0.4, -0.2) is 74.8 Å². The number of nitrogens with one attached hydrogen (secondary N) is 2. The van der Waals surface area contributed by atoms with Gasteiger partial charge >= 0.3 is 0 Å². The van der Waals surface area contributed by atoms with E-state index in [9.17, 15) is 18.8 Å². The zero-order valence-electron chi connectivity index (χ0n) is 24.8. The third-order valence-corrected chi connectivity index (χ3v) is 7.57. The molecule has 2 aliphatic rings. The molecule has 3 aromatic carbocycles. The molecule has 0 unspecified atom stereocenters. The van der Waals surface area contributed by atoms with Crippen molar-refractivity contribution in [3.63, 3.8) is 0 Å². The molecule has 2 atom stereocenters. The molecule has 3 aromatic rings. The van der Waals surface area contributed by atoms with Crippen molar-refractivity contribution in [2.45, 2.75) is 38.5 Å². The van der Waals surface area contributed by atoms with Gasteiger partial charge in [0, 0.05) is 49.9 Å². The summed E-state index contributed by atoms with van der Waals surface area (Å²) < 4.78 is 37.5. The van der Waals surface area contributed by atoms with E-state index in [1.807, 2.05) is 13.0 Å². The van der Waals surface area contributed by atoms with Crippen LogP contribution in [0.15, 0.2) is 60.7 Å². The van der Waals surface area contributed by atoms with E-state index in [4.69, 9.17) is 18.9 Å². The molecule has 0 saturated carbocycles. The lowest BCUT2D eigenvalue weighted by atomic mass is 9.99. The van der Waals surface area contributed by atoms with Crippen molar-refractivity contribution in [3.8, 4) is 28.4 Å². The second-order valence-electron chi connectivity index (χ2n) is 10.6. The fourth-order valence-electron chi connectivity index (χ4n) is 5.34. The van der Waals surface area contributed by atoms with Crippen LogP contribution in [0.1, 0.15) is 35.7 Å². The van der Waals surface area contributed by atoms with Crippen LogP contribution in [0.25, 0.3) is 11.1 Å². The van der Waals surface area contributed by atoms with Gasteiger partial charge in [-0.25, -0.2) is 4.39 Å². The first-order chi connectivity index (χ1) is 21.3. The second kappa shape index (κ2) is 14.2. The van der Waals surface area contributed by atoms with Gasteiger partial charge in [0.25, 0.3) is 11.8 Å². The van der Waals surface area contributed by atoms with Crippen molar-refractivity contribution in [1.29, 1.82) is 0 Å². The summed E-state index contributed by atoms with van der Waals surface area (Å²) in [6.07, 6.45) is 0.0826. The van der Waals surface area contributed by atoms with Crippen molar-refractivity contribution in [3.05, 3.63) is 77.6 Å². The highest BCUT2D eigenvalue weighted by Gasteiger charge is 2.34. The third-order valence-electron chi connectivity index (χ3n) is 7.57. The summed E-state index contributed by atoms with van der Waals surface area (Å²) in [6.45, 7) is 3.13. The Labute approximate surface area is 255 Å². The zero-order valence-corrected chi connectivity index (χ0v) is 24.8. The molecule has 0 spiro atoms. The van der Waals surface area contributed by atoms with E-state index in [1.165, 1.54) is 12.1 Å². The maximum Gasteiger partial charge on any atom is 0.258 e. The number of likely N-dealkylation sites (tertiary alicyclic amines) is 1. The number of rotatable bonds is 5. The van der Waals surface area contributed by atoms with Crippen molar-refractivity contribution in [1.82, 2.24) is 15.5 Å². The van der Waals surface area contributed by atoms with E-state index < -0.39 is 18.0 Å². The normalized spacial score (nSPS) is 18.7. The van der Waals surface area contributed by atoms with Crippen LogP contribution in [-0.2, 0) is 20.9 Å². The Hall–Kier alpha value is -4.64. The van der Waals surface area contributed by atoms with Crippen molar-refractivity contribution < 1.29 is 37.7 Å². The first-order valence-electron chi connectivity index (χ1n) is 14.6. The summed E-state index contributed by atoms with van der Waals surface area (Å²) in [5, 5.41) is 5.81. The fourth-order valence-corrected chi connectivity index (χ4v) is 5.34. The maximum absolute atomic E-state index is 14.6. The molecule has 232 valence electrons. The predicted octanol–water partition coefficient (Wildman–Crippen LogP) is 3.71. The first kappa shape index (κ1) is 30.8. The topological polar surface area (TPSA) is 115 Å². The van der Waals surface area contributed by atoms with Gasteiger partial charge in [0.15, 0.2) is 6.61 Å². The van der Waals surface area contributed by atoms with Crippen molar-refractivity contribution >= 4 is 17.7 Å². The molecule has 2 heterocycles. The van der Waals surface area contributed by atoms with E-state index in [0.29, 0.717) is 54.4 Å². The van der Waals surface area contributed by atoms with Crippen LogP contribution < -0.4 is 24.8 Å². The van der Waals surface area contributed by atoms with Gasteiger partial charge in [-0.2, -0.15) is 0 Å². The number of fused-ring (bicyclic) bond motifs is 8. The predicted molar refractivity (Wildman–Crippen MR) is 160 cm³/mol. The number of carbonyl (C=O) groups is 3. The lowest BCUT2D eigenvalue weighted by Crippen LogP contribution is -2.58. The Morgan fingerprint density at radius 3 is 2.75 bits per heavy atom. The summed E-state index contributed by atoms with van der Waals surface area (Å²) in [5.74, 6) is -0.0971. The molecule has 1 fully saturated rings. The largest absolute Gasteiger partial charge is 0.496 e. The molecule has 0 aromatic heterocycles. The van der Waals surface area contributed by atoms with Gasteiger partial charge in [-0.15, -0.1) is 0 Å². The molecule has 2 aliphatic heterocycles. The van der Waals surface area contributed by atoms with Gasteiger partial charge < -0.3 is 34.5 Å². The molecule has 1 saturated heterocycles. The Morgan fingerprint density at radius 1 is 1.07 bits per heavy atom. The van der Waals surface area contributed by atoms with Crippen molar-refractivity contribution in [2.24, 2.45) is 0 Å². The van der Waals surface area contributed by atoms with Gasteiger partial charge in [-0.05, 0) is 60.5 Å². The lowest BCUT2D eigenvalue weighted by Gasteiger charge is -2.39. The van der Waals surface area contributed by atoms with Gasteiger partial charge in [-0.1, -0.05) is 12.1 Å². The Bertz CT molecular complexity index is 1510. The lowest BCUT2D eigenvalue weighted by molar-refractivity contribution is -0.134. The van der Waals surface area contributed by atoms with Crippen LogP contribution in [0.2, 0.25) is 0 Å². The monoisotopic (exact) mass is 605 g/mol. The molecular weight excluding hydrogens is 569 g/mol. The molecule has 0 radical (unpaired) electrons. The number of carbonyl (C=O) groups excluding carboxylic acids is 3. The summed E-state index contributed by atoms with van der Waals surface area (Å²) >= 11 is 0. The molecule has 10 nitrogen and oxygen atoms in total. The second-order valence-corrected chi connectivity index (χ2v) is 10.6. The standard InChI is InChI=1S/C33H36FN3O7/c1-3-42-12-10-32(39)37-11-9-30-28(19-37)36-33(40)23-7-8-29(41-2)27(16-23)22-5-4-6-25(15-22)43-20-31(38)35-18-21-13-24(34)17-26(14-21)44-30/h4-8,13-17,28,30H,3,9-12,18-20H2,1-2H3,(H,35,38)(H,36,40)/t28-,30-/m1/s1. The molecule has 0 aliphatic carbocycles. The summed E-state index contributed by atoms with van der Waals surface area (Å²) in [6, 6.07) is 15.8. The van der Waals surface area contributed by atoms with Crippen LogP contribution in [0.3, 0.4) is 0 Å². The average molecular weight is 606 g/mol. The summed E-state index contributed by atoms with van der Waals surface area (Å²) in [7, 11) is 1.55. The van der Waals surface area contributed by atoms with E-state index in [0.717, 1.165) is 5.56 Å². The van der Waals surface area contributed by atoms with Gasteiger partial charge in [0.2, 0.25) is 5.91 Å². The number of amides is 3. The van der Waals surface area contributed by atoms with Gasteiger partial charge in [0.1, 0.15) is 29.2 Å². The molecule has 11 heteroatoms. The van der Waals surface area contributed by atoms with E-state index in [-0.39, 0.29) is 49.6 Å². The number of ether oxygens (including phenoxy) is 4. The van der Waals surface area contributed by atoms with Gasteiger partial charge in [0.05, 0.1) is 26.2 Å². The number of methoxy groups -OCH3 is 1. The summed E-state index contributed by atoms with van der Waals surface area (Å²) in [4.78, 5) is 40.9. The number of nitrogens with zero attached hydrogens (tertiary/aromatic N) is 1. The number of benzene rings is 3. The average Bonchev–Trinajstić information content (AvgIpc) is 3.02. The molecule has 6 bridgehead atoms. The highest BCUT2D eigenvalue weighted by Crippen LogP contribution is 2.33. The van der Waals surface area contributed by atoms with Crippen molar-refractivity contribution in [2.75, 3.05) is 40.0 Å². The van der Waals surface area contributed by atoms with E-state index in [2.05, 4.69) is 10.6 Å². The first-order valence-corrected chi connectivity index (χ1v) is 14.6. The SMILES string of the molecule is CCOCCC(=O)N1CC[C@H]2Oc3cc(F)cc(c3)CNC(=O)COc3cccc(c3)-c3cc(ccc3OC)C(=O)N[C@@H]2C1. The highest BCUT2D eigenvalue weighted by atomic mass is 19.1. The maximum atomic E-state index is 14.6. The van der Waals surface area contributed by atoms with Crippen LogP contribution >= 0.6 is 0 Å². The number of piperidine rings is 1. The Kier molecular flexibility index (Phi) is 9.96.